The van der Waals surface area contributed by atoms with Gasteiger partial charge in [-0.05, 0) is 75.2 Å². The van der Waals surface area contributed by atoms with Crippen molar-refractivity contribution in [3.8, 4) is 17.2 Å². The van der Waals surface area contributed by atoms with Crippen molar-refractivity contribution in [2.24, 2.45) is 4.99 Å². The zero-order valence-corrected chi connectivity index (χ0v) is 26.3. The molecule has 9 heteroatoms. The van der Waals surface area contributed by atoms with Crippen molar-refractivity contribution in [2.75, 3.05) is 33.4 Å². The van der Waals surface area contributed by atoms with Crippen molar-refractivity contribution >= 4 is 34.1 Å². The molecule has 3 aromatic carbocycles. The van der Waals surface area contributed by atoms with Crippen LogP contribution in [0, 0.1) is 0 Å². The van der Waals surface area contributed by atoms with Crippen LogP contribution in [0.4, 0.5) is 0 Å². The van der Waals surface area contributed by atoms with Crippen LogP contribution >= 0.6 is 11.3 Å². The Bertz CT molecular complexity index is 1880. The minimum Gasteiger partial charge on any atom is -0.496 e. The predicted molar refractivity (Wildman–Crippen MR) is 171 cm³/mol. The van der Waals surface area contributed by atoms with Gasteiger partial charge in [0.05, 0.1) is 36.1 Å². The Morgan fingerprint density at radius 2 is 1.67 bits per heavy atom. The maximum Gasteiger partial charge on any atom is 0.271 e. The monoisotopic (exact) mass is 599 g/mol. The highest BCUT2D eigenvalue weighted by Crippen LogP contribution is 2.40. The molecular formula is C34H37N3O5S. The molecular weight excluding hydrogens is 562 g/mol. The van der Waals surface area contributed by atoms with Gasteiger partial charge in [0.2, 0.25) is 0 Å². The van der Waals surface area contributed by atoms with Crippen LogP contribution in [0.2, 0.25) is 0 Å². The van der Waals surface area contributed by atoms with E-state index in [4.69, 9.17) is 19.2 Å². The first-order valence-corrected chi connectivity index (χ1v) is 15.4. The van der Waals surface area contributed by atoms with Gasteiger partial charge in [-0.15, -0.1) is 0 Å². The zero-order chi connectivity index (χ0) is 30.7. The van der Waals surface area contributed by atoms with E-state index in [-0.39, 0.29) is 11.5 Å². The number of thiazole rings is 1. The molecule has 5 rings (SSSR count). The minimum absolute atomic E-state index is 0.145. The van der Waals surface area contributed by atoms with E-state index < -0.39 is 6.04 Å². The van der Waals surface area contributed by atoms with Gasteiger partial charge in [0, 0.05) is 18.7 Å². The molecule has 0 fully saturated rings. The highest BCUT2D eigenvalue weighted by atomic mass is 32.1. The topological polar surface area (TPSA) is 82.4 Å². The first-order valence-electron chi connectivity index (χ1n) is 14.6. The maximum atomic E-state index is 14.3. The molecule has 0 radical (unpaired) electrons. The van der Waals surface area contributed by atoms with Gasteiger partial charge in [-0.1, -0.05) is 47.7 Å². The van der Waals surface area contributed by atoms with Crippen molar-refractivity contribution in [3.05, 3.63) is 96.7 Å². The smallest absolute Gasteiger partial charge is 0.271 e. The normalized spacial score (nSPS) is 14.8. The van der Waals surface area contributed by atoms with Crippen LogP contribution < -0.4 is 29.1 Å². The Labute approximate surface area is 255 Å². The summed E-state index contributed by atoms with van der Waals surface area (Å²) in [5.74, 6) is 1.73. The van der Waals surface area contributed by atoms with Gasteiger partial charge in [-0.3, -0.25) is 14.2 Å². The lowest BCUT2D eigenvalue weighted by molar-refractivity contribution is -0.127. The Kier molecular flexibility index (Phi) is 9.01. The fraction of sp³-hybridized carbons (Fsp3) is 0.324. The van der Waals surface area contributed by atoms with Crippen LogP contribution in [-0.4, -0.2) is 48.8 Å². The van der Waals surface area contributed by atoms with E-state index in [1.807, 2.05) is 95.3 Å². The number of benzene rings is 3. The van der Waals surface area contributed by atoms with E-state index in [0.29, 0.717) is 64.2 Å². The van der Waals surface area contributed by atoms with Crippen LogP contribution in [0.15, 0.2) is 75.7 Å². The average Bonchev–Trinajstić information content (AvgIpc) is 3.31. The molecule has 0 aliphatic carbocycles. The predicted octanol–water partition coefficient (Wildman–Crippen LogP) is 5.06. The highest BCUT2D eigenvalue weighted by molar-refractivity contribution is 7.07. The van der Waals surface area contributed by atoms with Gasteiger partial charge in [0.25, 0.3) is 11.5 Å². The molecule has 1 aliphatic heterocycles. The number of rotatable bonds is 10. The van der Waals surface area contributed by atoms with Gasteiger partial charge >= 0.3 is 0 Å². The van der Waals surface area contributed by atoms with E-state index in [0.717, 1.165) is 21.9 Å². The molecule has 1 amide bonds. The second-order valence-electron chi connectivity index (χ2n) is 10.0. The number of amides is 1. The van der Waals surface area contributed by atoms with Crippen molar-refractivity contribution in [2.45, 2.75) is 40.7 Å². The molecule has 0 saturated carbocycles. The van der Waals surface area contributed by atoms with E-state index in [2.05, 4.69) is 0 Å². The van der Waals surface area contributed by atoms with Gasteiger partial charge in [-0.2, -0.15) is 0 Å². The lowest BCUT2D eigenvalue weighted by Gasteiger charge is -2.30. The Morgan fingerprint density at radius 1 is 0.977 bits per heavy atom. The van der Waals surface area contributed by atoms with E-state index in [1.165, 1.54) is 11.3 Å². The lowest BCUT2D eigenvalue weighted by Crippen LogP contribution is -2.43. The van der Waals surface area contributed by atoms with Gasteiger partial charge in [0.15, 0.2) is 16.3 Å². The van der Waals surface area contributed by atoms with Crippen molar-refractivity contribution in [1.82, 2.24) is 9.47 Å². The van der Waals surface area contributed by atoms with Crippen molar-refractivity contribution in [1.29, 1.82) is 0 Å². The summed E-state index contributed by atoms with van der Waals surface area (Å²) in [6, 6.07) is 16.7. The summed E-state index contributed by atoms with van der Waals surface area (Å²) in [5.41, 5.74) is 2.39. The van der Waals surface area contributed by atoms with E-state index >= 15 is 0 Å². The molecule has 1 aliphatic rings. The molecule has 224 valence electrons. The third-order valence-electron chi connectivity index (χ3n) is 7.59. The number of allylic oxidation sites excluding steroid dienone is 1. The fourth-order valence-electron chi connectivity index (χ4n) is 5.59. The van der Waals surface area contributed by atoms with Crippen LogP contribution in [0.5, 0.6) is 17.2 Å². The van der Waals surface area contributed by atoms with Gasteiger partial charge in [-0.25, -0.2) is 4.99 Å². The number of hydrogen-bond donors (Lipinski definition) is 0. The summed E-state index contributed by atoms with van der Waals surface area (Å²) in [6.07, 6.45) is 1.84. The number of ether oxygens (including phenoxy) is 3. The molecule has 8 nitrogen and oxygen atoms in total. The molecule has 0 bridgehead atoms. The van der Waals surface area contributed by atoms with E-state index in [1.54, 1.807) is 16.6 Å². The summed E-state index contributed by atoms with van der Waals surface area (Å²) < 4.78 is 19.6. The SMILES string of the molecule is CCOc1ccc(/C=c2/sc3n(c2=O)[C@H](c2c(OC)ccc4ccccc24)C(C(=O)N(CC)CC)=C(C)N=3)cc1OCC. The quantitative estimate of drug-likeness (QED) is 0.255. The summed E-state index contributed by atoms with van der Waals surface area (Å²) in [6.45, 7) is 11.7. The average molecular weight is 600 g/mol. The Morgan fingerprint density at radius 3 is 2.37 bits per heavy atom. The van der Waals surface area contributed by atoms with Crippen LogP contribution in [0.25, 0.3) is 16.8 Å². The molecule has 1 atom stereocenters. The van der Waals surface area contributed by atoms with Crippen LogP contribution in [0.1, 0.15) is 51.8 Å². The van der Waals surface area contributed by atoms with Gasteiger partial charge in [0.1, 0.15) is 11.8 Å². The summed E-state index contributed by atoms with van der Waals surface area (Å²) >= 11 is 1.30. The first kappa shape index (κ1) is 30.1. The number of fused-ring (bicyclic) bond motifs is 2. The van der Waals surface area contributed by atoms with Crippen molar-refractivity contribution in [3.63, 3.8) is 0 Å². The van der Waals surface area contributed by atoms with Crippen molar-refractivity contribution < 1.29 is 19.0 Å². The number of methoxy groups -OCH3 is 1. The largest absolute Gasteiger partial charge is 0.496 e. The molecule has 0 N–H and O–H groups in total. The fourth-order valence-corrected chi connectivity index (χ4v) is 6.64. The summed E-state index contributed by atoms with van der Waals surface area (Å²) in [5, 5.41) is 1.90. The number of nitrogens with zero attached hydrogens (tertiary/aromatic N) is 3. The first-order chi connectivity index (χ1) is 20.9. The molecule has 2 heterocycles. The molecule has 4 aromatic rings. The third kappa shape index (κ3) is 5.57. The number of aromatic nitrogens is 1. The van der Waals surface area contributed by atoms with E-state index in [9.17, 15) is 9.59 Å². The number of likely N-dealkylation sites (N-methyl/N-ethyl adjacent to an activating group) is 1. The minimum atomic E-state index is -0.730. The maximum absolute atomic E-state index is 14.3. The van der Waals surface area contributed by atoms with Crippen LogP contribution in [0.3, 0.4) is 0 Å². The molecule has 0 spiro atoms. The molecule has 43 heavy (non-hydrogen) atoms. The standard InChI is InChI=1S/C34H37N3O5S/c1-7-36(8-2)33(39)29-21(5)35-34-37(31(29)30-24-14-12-11-13-23(24)16-18-26(30)40-6)32(38)28(43-34)20-22-15-17-25(41-9-3)27(19-22)42-10-4/h11-20,31H,7-10H2,1-6H3/b28-20+/t31-/m0/s1. The third-order valence-corrected chi connectivity index (χ3v) is 8.57. The number of carbonyl (C=O) groups is 1. The second-order valence-corrected chi connectivity index (χ2v) is 11.0. The number of carbonyl (C=O) groups excluding carboxylic acids is 1. The highest BCUT2D eigenvalue weighted by Gasteiger charge is 2.36. The van der Waals surface area contributed by atoms with Crippen LogP contribution in [-0.2, 0) is 4.79 Å². The zero-order valence-electron chi connectivity index (χ0n) is 25.5. The molecule has 0 unspecified atom stereocenters. The molecule has 0 saturated heterocycles. The second kappa shape index (κ2) is 12.9. The molecule has 1 aromatic heterocycles. The lowest BCUT2D eigenvalue weighted by atomic mass is 9.90. The number of hydrogen-bond acceptors (Lipinski definition) is 7. The van der Waals surface area contributed by atoms with Gasteiger partial charge < -0.3 is 19.1 Å². The Hall–Kier alpha value is -4.37. The Balaban J connectivity index is 1.79. The summed E-state index contributed by atoms with van der Waals surface area (Å²) in [4.78, 5) is 35.6. The summed E-state index contributed by atoms with van der Waals surface area (Å²) in [7, 11) is 1.61.